The molecule has 2 aliphatic heterocycles. The van der Waals surface area contributed by atoms with Gasteiger partial charge in [-0.25, -0.2) is 0 Å². The zero-order valence-corrected chi connectivity index (χ0v) is 9.24. The van der Waals surface area contributed by atoms with E-state index in [1.807, 2.05) is 0 Å². The van der Waals surface area contributed by atoms with Crippen molar-refractivity contribution >= 4 is 11.8 Å². The Hall–Kier alpha value is 0.150. The normalized spacial score (nSPS) is 42.0. The maximum atomic E-state index is 9.04. The molecular formula is C9H16O5S. The zero-order valence-electron chi connectivity index (χ0n) is 8.42. The van der Waals surface area contributed by atoms with Gasteiger partial charge in [-0.15, -0.1) is 0 Å². The fraction of sp³-hybridized carbons (Fsp3) is 1.00. The molecule has 0 bridgehead atoms. The van der Waals surface area contributed by atoms with Crippen molar-refractivity contribution in [2.24, 2.45) is 0 Å². The summed E-state index contributed by atoms with van der Waals surface area (Å²) in [6.07, 6.45) is -0.526. The summed E-state index contributed by atoms with van der Waals surface area (Å²) in [5.74, 6) is 0.674. The van der Waals surface area contributed by atoms with Gasteiger partial charge in [0, 0.05) is 5.75 Å². The van der Waals surface area contributed by atoms with E-state index in [0.717, 1.165) is 5.75 Å². The summed E-state index contributed by atoms with van der Waals surface area (Å²) in [6.45, 7) is 0.685. The molecule has 0 aromatic rings. The summed E-state index contributed by atoms with van der Waals surface area (Å²) < 4.78 is 16.7. The van der Waals surface area contributed by atoms with Crippen LogP contribution >= 0.6 is 11.8 Å². The Labute approximate surface area is 92.7 Å². The van der Waals surface area contributed by atoms with Crippen LogP contribution in [0, 0.1) is 0 Å². The summed E-state index contributed by atoms with van der Waals surface area (Å²) in [5, 5.41) is 18.1. The average molecular weight is 236 g/mol. The topological polar surface area (TPSA) is 68.2 Å². The van der Waals surface area contributed by atoms with Crippen molar-refractivity contribution < 1.29 is 24.4 Å². The van der Waals surface area contributed by atoms with Crippen molar-refractivity contribution in [2.45, 2.75) is 18.0 Å². The molecule has 15 heavy (non-hydrogen) atoms. The van der Waals surface area contributed by atoms with Crippen LogP contribution in [0.2, 0.25) is 0 Å². The predicted octanol–water partition coefficient (Wildman–Crippen LogP) is -0.785. The minimum atomic E-state index is -0.776. The minimum absolute atomic E-state index is 0.0120. The fourth-order valence-corrected chi connectivity index (χ4v) is 2.84. The summed E-state index contributed by atoms with van der Waals surface area (Å²) in [7, 11) is 0. The Morgan fingerprint density at radius 3 is 2.67 bits per heavy atom. The van der Waals surface area contributed by atoms with Crippen LogP contribution < -0.4 is 0 Å². The number of hydrogen-bond donors (Lipinski definition) is 2. The molecule has 0 aliphatic carbocycles. The van der Waals surface area contributed by atoms with Gasteiger partial charge >= 0.3 is 0 Å². The van der Waals surface area contributed by atoms with Crippen LogP contribution in [0.25, 0.3) is 0 Å². The summed E-state index contributed by atoms with van der Waals surface area (Å²) in [5.41, 5.74) is 0. The van der Waals surface area contributed by atoms with Gasteiger partial charge in [0.25, 0.3) is 0 Å². The Bertz CT molecular complexity index is 191. The highest BCUT2D eigenvalue weighted by Gasteiger charge is 2.43. The quantitative estimate of drug-likeness (QED) is 0.655. The Morgan fingerprint density at radius 2 is 1.93 bits per heavy atom. The molecule has 2 heterocycles. The molecule has 88 valence electrons. The van der Waals surface area contributed by atoms with Crippen LogP contribution in [0.5, 0.6) is 0 Å². The number of thioether (sulfide) groups is 1. The highest BCUT2D eigenvalue weighted by Crippen LogP contribution is 2.32. The van der Waals surface area contributed by atoms with Crippen molar-refractivity contribution in [3.8, 4) is 0 Å². The van der Waals surface area contributed by atoms with Crippen LogP contribution in [0.1, 0.15) is 0 Å². The van der Waals surface area contributed by atoms with Crippen LogP contribution in [0.3, 0.4) is 0 Å². The van der Waals surface area contributed by atoms with Gasteiger partial charge in [0.15, 0.2) is 0 Å². The molecule has 1 unspecified atom stereocenters. The minimum Gasteiger partial charge on any atom is -0.394 e. The molecular weight excluding hydrogens is 220 g/mol. The highest BCUT2D eigenvalue weighted by atomic mass is 32.2. The van der Waals surface area contributed by atoms with Gasteiger partial charge in [0.2, 0.25) is 5.79 Å². The van der Waals surface area contributed by atoms with Gasteiger partial charge in [-0.1, -0.05) is 0 Å². The third-order valence-corrected chi connectivity index (χ3v) is 3.67. The van der Waals surface area contributed by atoms with E-state index in [1.54, 1.807) is 11.8 Å². The van der Waals surface area contributed by atoms with Gasteiger partial charge in [0.1, 0.15) is 12.7 Å². The molecule has 2 rings (SSSR count). The van der Waals surface area contributed by atoms with Gasteiger partial charge < -0.3 is 24.4 Å². The SMILES string of the molecule is OC[C@@H]1COCC2(CSC[C@@H](CO)O2)O1. The van der Waals surface area contributed by atoms with Gasteiger partial charge in [0.05, 0.1) is 31.7 Å². The fourth-order valence-electron chi connectivity index (χ4n) is 1.75. The first kappa shape index (κ1) is 11.6. The van der Waals surface area contributed by atoms with Crippen molar-refractivity contribution in [1.82, 2.24) is 0 Å². The first-order valence-electron chi connectivity index (χ1n) is 5.01. The molecule has 0 saturated carbocycles. The zero-order chi connectivity index (χ0) is 10.7. The lowest BCUT2D eigenvalue weighted by molar-refractivity contribution is -0.325. The molecule has 5 nitrogen and oxygen atoms in total. The number of aliphatic hydroxyl groups is 2. The Morgan fingerprint density at radius 1 is 1.20 bits per heavy atom. The third-order valence-electron chi connectivity index (χ3n) is 2.42. The molecule has 0 aromatic carbocycles. The summed E-state index contributed by atoms with van der Waals surface area (Å²) in [4.78, 5) is 0. The maximum absolute atomic E-state index is 9.04. The molecule has 2 N–H and O–H groups in total. The van der Waals surface area contributed by atoms with E-state index in [9.17, 15) is 0 Å². The number of rotatable bonds is 2. The van der Waals surface area contributed by atoms with Gasteiger partial charge in [-0.2, -0.15) is 11.8 Å². The summed E-state index contributed by atoms with van der Waals surface area (Å²) in [6, 6.07) is 0. The summed E-state index contributed by atoms with van der Waals surface area (Å²) >= 11 is 1.67. The number of aliphatic hydroxyl groups excluding tert-OH is 2. The molecule has 2 fully saturated rings. The molecule has 2 aliphatic rings. The molecule has 0 amide bonds. The lowest BCUT2D eigenvalue weighted by Crippen LogP contribution is -2.56. The molecule has 0 radical (unpaired) electrons. The van der Waals surface area contributed by atoms with Crippen molar-refractivity contribution in [3.63, 3.8) is 0 Å². The van der Waals surface area contributed by atoms with Crippen LogP contribution in [0.4, 0.5) is 0 Å². The van der Waals surface area contributed by atoms with Gasteiger partial charge in [-0.3, -0.25) is 0 Å². The number of ether oxygens (including phenoxy) is 3. The maximum Gasteiger partial charge on any atom is 0.201 e. The molecule has 6 heteroatoms. The van der Waals surface area contributed by atoms with E-state index in [2.05, 4.69) is 0 Å². The number of hydrogen-bond acceptors (Lipinski definition) is 6. The van der Waals surface area contributed by atoms with Crippen LogP contribution in [0.15, 0.2) is 0 Å². The van der Waals surface area contributed by atoms with Crippen LogP contribution in [-0.2, 0) is 14.2 Å². The van der Waals surface area contributed by atoms with Crippen molar-refractivity contribution in [1.29, 1.82) is 0 Å². The van der Waals surface area contributed by atoms with E-state index >= 15 is 0 Å². The third kappa shape index (κ3) is 2.64. The first-order valence-corrected chi connectivity index (χ1v) is 6.16. The molecule has 1 spiro atoms. The molecule has 2 saturated heterocycles. The Balaban J connectivity index is 1.98. The largest absolute Gasteiger partial charge is 0.394 e. The second-order valence-electron chi connectivity index (χ2n) is 3.79. The lowest BCUT2D eigenvalue weighted by atomic mass is 10.2. The first-order chi connectivity index (χ1) is 7.28. The van der Waals surface area contributed by atoms with E-state index in [-0.39, 0.29) is 25.4 Å². The van der Waals surface area contributed by atoms with E-state index in [0.29, 0.717) is 19.0 Å². The predicted molar refractivity (Wildman–Crippen MR) is 54.8 cm³/mol. The van der Waals surface area contributed by atoms with Crippen LogP contribution in [-0.4, -0.2) is 66.1 Å². The molecule has 0 aromatic heterocycles. The van der Waals surface area contributed by atoms with E-state index in [4.69, 9.17) is 24.4 Å². The van der Waals surface area contributed by atoms with E-state index < -0.39 is 5.79 Å². The van der Waals surface area contributed by atoms with E-state index in [1.165, 1.54) is 0 Å². The molecule has 3 atom stereocenters. The average Bonchev–Trinajstić information content (AvgIpc) is 2.29. The smallest absolute Gasteiger partial charge is 0.201 e. The highest BCUT2D eigenvalue weighted by molar-refractivity contribution is 7.99. The van der Waals surface area contributed by atoms with Crippen molar-refractivity contribution in [2.75, 3.05) is 37.9 Å². The van der Waals surface area contributed by atoms with Gasteiger partial charge in [-0.05, 0) is 0 Å². The van der Waals surface area contributed by atoms with Crippen molar-refractivity contribution in [3.05, 3.63) is 0 Å². The lowest BCUT2D eigenvalue weighted by Gasteiger charge is -2.44. The monoisotopic (exact) mass is 236 g/mol. The standard InChI is InChI=1S/C9H16O5S/c10-1-7-3-12-5-9(13-7)6-15-4-8(2-11)14-9/h7-8,10-11H,1-6H2/t7-,8-,9?/m1/s1. The Kier molecular flexibility index (Phi) is 3.87. The second-order valence-corrected chi connectivity index (χ2v) is 4.82. The second kappa shape index (κ2) is 4.99.